The van der Waals surface area contributed by atoms with Crippen molar-refractivity contribution in [1.82, 2.24) is 0 Å². The van der Waals surface area contributed by atoms with Crippen molar-refractivity contribution in [2.45, 2.75) is 13.0 Å². The van der Waals surface area contributed by atoms with Crippen molar-refractivity contribution in [3.8, 4) is 0 Å². The number of ketones is 1. The fourth-order valence-electron chi connectivity index (χ4n) is 2.18. The van der Waals surface area contributed by atoms with E-state index in [1.807, 2.05) is 46.9 Å². The molecule has 0 spiro atoms. The van der Waals surface area contributed by atoms with Crippen LogP contribution in [-0.2, 0) is 4.79 Å². The standard InChI is InChI=1S/C17H14BrIN2O3/c1-11(22)16(10-19)17(20-14-6-4-13(18)5-7-14)12-2-8-15(9-3-12)21(23)24/h2-10,17,20H,1H3/b16-10-. The van der Waals surface area contributed by atoms with Gasteiger partial charge in [-0.3, -0.25) is 14.9 Å². The summed E-state index contributed by atoms with van der Waals surface area (Å²) in [4.78, 5) is 22.4. The number of halogens is 2. The Labute approximate surface area is 161 Å². The summed E-state index contributed by atoms with van der Waals surface area (Å²) in [7, 11) is 0. The molecule has 2 aromatic rings. The number of nitro groups is 1. The zero-order valence-electron chi connectivity index (χ0n) is 12.7. The first-order valence-corrected chi connectivity index (χ1v) is 9.04. The van der Waals surface area contributed by atoms with Crippen molar-refractivity contribution in [2.75, 3.05) is 5.32 Å². The number of nitrogens with one attached hydrogen (secondary N) is 1. The van der Waals surface area contributed by atoms with E-state index in [0.717, 1.165) is 15.7 Å². The molecule has 124 valence electrons. The van der Waals surface area contributed by atoms with Crippen LogP contribution in [-0.4, -0.2) is 10.7 Å². The van der Waals surface area contributed by atoms with Crippen LogP contribution in [0, 0.1) is 10.1 Å². The summed E-state index contributed by atoms with van der Waals surface area (Å²) in [5.41, 5.74) is 2.23. The molecule has 0 fully saturated rings. The highest BCUT2D eigenvalue weighted by atomic mass is 127. The van der Waals surface area contributed by atoms with E-state index in [0.29, 0.717) is 5.57 Å². The van der Waals surface area contributed by atoms with Gasteiger partial charge in [0.1, 0.15) is 0 Å². The predicted octanol–water partition coefficient (Wildman–Crippen LogP) is 5.42. The minimum atomic E-state index is -0.443. The molecule has 7 heteroatoms. The highest BCUT2D eigenvalue weighted by molar-refractivity contribution is 14.1. The van der Waals surface area contributed by atoms with E-state index < -0.39 is 4.92 Å². The fraction of sp³-hybridized carbons (Fsp3) is 0.118. The van der Waals surface area contributed by atoms with Crippen LogP contribution >= 0.6 is 38.5 Å². The Morgan fingerprint density at radius 2 is 1.79 bits per heavy atom. The molecule has 2 aromatic carbocycles. The van der Waals surface area contributed by atoms with Crippen molar-refractivity contribution in [3.63, 3.8) is 0 Å². The van der Waals surface area contributed by atoms with Gasteiger partial charge in [0.05, 0.1) is 11.0 Å². The van der Waals surface area contributed by atoms with Crippen molar-refractivity contribution in [1.29, 1.82) is 0 Å². The van der Waals surface area contributed by atoms with E-state index in [9.17, 15) is 14.9 Å². The molecule has 0 radical (unpaired) electrons. The number of carbonyl (C=O) groups excluding carboxylic acids is 1. The number of nitrogens with zero attached hydrogens (tertiary/aromatic N) is 1. The Hall–Kier alpha value is -1.74. The Morgan fingerprint density at radius 3 is 2.25 bits per heavy atom. The number of hydrogen-bond donors (Lipinski definition) is 1. The third kappa shape index (κ3) is 4.64. The van der Waals surface area contributed by atoms with Crippen LogP contribution in [0.15, 0.2) is 62.7 Å². The SMILES string of the molecule is CC(=O)/C(=C/I)C(Nc1ccc(Br)cc1)c1ccc([N+](=O)[O-])cc1. The second-order valence-electron chi connectivity index (χ2n) is 5.05. The second kappa shape index (κ2) is 8.39. The van der Waals surface area contributed by atoms with E-state index in [1.54, 1.807) is 16.2 Å². The van der Waals surface area contributed by atoms with Crippen LogP contribution in [0.1, 0.15) is 18.5 Å². The highest BCUT2D eigenvalue weighted by Gasteiger charge is 2.21. The maximum Gasteiger partial charge on any atom is 0.269 e. The van der Waals surface area contributed by atoms with E-state index in [1.165, 1.54) is 19.1 Å². The number of nitro benzene ring substituents is 1. The number of non-ortho nitro benzene ring substituents is 1. The van der Waals surface area contributed by atoms with Crippen LogP contribution < -0.4 is 5.32 Å². The average Bonchev–Trinajstić information content (AvgIpc) is 2.56. The van der Waals surface area contributed by atoms with Crippen LogP contribution in [0.3, 0.4) is 0 Å². The van der Waals surface area contributed by atoms with Gasteiger partial charge in [0, 0.05) is 27.9 Å². The molecule has 0 amide bonds. The number of rotatable bonds is 6. The molecule has 0 aromatic heterocycles. The van der Waals surface area contributed by atoms with E-state index in [-0.39, 0.29) is 17.5 Å². The number of carbonyl (C=O) groups is 1. The molecule has 1 N–H and O–H groups in total. The van der Waals surface area contributed by atoms with Gasteiger partial charge < -0.3 is 5.32 Å². The van der Waals surface area contributed by atoms with Gasteiger partial charge >= 0.3 is 0 Å². The van der Waals surface area contributed by atoms with Crippen LogP contribution in [0.5, 0.6) is 0 Å². The first-order valence-electron chi connectivity index (χ1n) is 7.00. The summed E-state index contributed by atoms with van der Waals surface area (Å²) in [6.07, 6.45) is 0. The Bertz CT molecular complexity index is 773. The lowest BCUT2D eigenvalue weighted by Crippen LogP contribution is -2.17. The van der Waals surface area contributed by atoms with Gasteiger partial charge in [-0.2, -0.15) is 0 Å². The molecule has 1 atom stereocenters. The number of hydrogen-bond acceptors (Lipinski definition) is 4. The van der Waals surface area contributed by atoms with Gasteiger partial charge in [-0.05, 0) is 53.0 Å². The number of anilines is 1. The molecule has 0 aliphatic rings. The molecule has 0 bridgehead atoms. The van der Waals surface area contributed by atoms with Crippen LogP contribution in [0.4, 0.5) is 11.4 Å². The highest BCUT2D eigenvalue weighted by Crippen LogP contribution is 2.30. The molecule has 24 heavy (non-hydrogen) atoms. The molecule has 0 aliphatic carbocycles. The zero-order chi connectivity index (χ0) is 17.7. The summed E-state index contributed by atoms with van der Waals surface area (Å²) in [5.74, 6) is -0.0580. The minimum Gasteiger partial charge on any atom is -0.374 e. The maximum atomic E-state index is 12.0. The normalized spacial score (nSPS) is 12.5. The van der Waals surface area contributed by atoms with Crippen molar-refractivity contribution in [3.05, 3.63) is 78.3 Å². The van der Waals surface area contributed by atoms with E-state index in [2.05, 4.69) is 21.2 Å². The van der Waals surface area contributed by atoms with Gasteiger partial charge in [0.15, 0.2) is 5.78 Å². The van der Waals surface area contributed by atoms with Crippen molar-refractivity contribution in [2.24, 2.45) is 0 Å². The molecule has 0 aliphatic heterocycles. The molecule has 0 saturated carbocycles. The maximum absolute atomic E-state index is 12.0. The molecular weight excluding hydrogens is 487 g/mol. The predicted molar refractivity (Wildman–Crippen MR) is 106 cm³/mol. The average molecular weight is 501 g/mol. The number of benzene rings is 2. The molecule has 2 rings (SSSR count). The van der Waals surface area contributed by atoms with Gasteiger partial charge in [-0.1, -0.05) is 38.5 Å². The van der Waals surface area contributed by atoms with E-state index >= 15 is 0 Å². The second-order valence-corrected chi connectivity index (χ2v) is 6.59. The van der Waals surface area contributed by atoms with E-state index in [4.69, 9.17) is 0 Å². The molecular formula is C17H14BrIN2O3. The lowest BCUT2D eigenvalue weighted by Gasteiger charge is -2.22. The third-order valence-electron chi connectivity index (χ3n) is 3.43. The lowest BCUT2D eigenvalue weighted by molar-refractivity contribution is -0.384. The smallest absolute Gasteiger partial charge is 0.269 e. The van der Waals surface area contributed by atoms with Gasteiger partial charge in [0.2, 0.25) is 0 Å². The largest absolute Gasteiger partial charge is 0.374 e. The summed E-state index contributed by atoms with van der Waals surface area (Å²) >= 11 is 5.42. The minimum absolute atomic E-state index is 0.0176. The van der Waals surface area contributed by atoms with Crippen LogP contribution in [0.25, 0.3) is 0 Å². The molecule has 0 heterocycles. The third-order valence-corrected chi connectivity index (χ3v) is 4.63. The Kier molecular flexibility index (Phi) is 6.50. The Morgan fingerprint density at radius 1 is 1.21 bits per heavy atom. The summed E-state index contributed by atoms with van der Waals surface area (Å²) in [5, 5.41) is 14.1. The van der Waals surface area contributed by atoms with Crippen LogP contribution in [0.2, 0.25) is 0 Å². The van der Waals surface area contributed by atoms with Crippen molar-refractivity contribution >= 4 is 55.7 Å². The summed E-state index contributed by atoms with van der Waals surface area (Å²) < 4.78 is 2.69. The van der Waals surface area contributed by atoms with Gasteiger partial charge in [0.25, 0.3) is 5.69 Å². The lowest BCUT2D eigenvalue weighted by atomic mass is 9.96. The Balaban J connectivity index is 2.40. The van der Waals surface area contributed by atoms with Gasteiger partial charge in [-0.25, -0.2) is 0 Å². The molecule has 1 unspecified atom stereocenters. The molecule has 5 nitrogen and oxygen atoms in total. The van der Waals surface area contributed by atoms with Crippen molar-refractivity contribution < 1.29 is 9.72 Å². The fourth-order valence-corrected chi connectivity index (χ4v) is 3.25. The number of Topliss-reactive ketones (excluding diaryl/α,β-unsaturated/α-hetero) is 1. The molecule has 0 saturated heterocycles. The first kappa shape index (κ1) is 18.6. The zero-order valence-corrected chi connectivity index (χ0v) is 16.4. The summed E-state index contributed by atoms with van der Waals surface area (Å²) in [6.45, 7) is 1.51. The topological polar surface area (TPSA) is 72.2 Å². The first-order chi connectivity index (χ1) is 11.4. The summed E-state index contributed by atoms with van der Waals surface area (Å²) in [6, 6.07) is 13.4. The van der Waals surface area contributed by atoms with Gasteiger partial charge in [-0.15, -0.1) is 0 Å². The quantitative estimate of drug-likeness (QED) is 0.249. The monoisotopic (exact) mass is 500 g/mol.